The molecule has 0 spiro atoms. The number of amides is 1. The molecule has 0 radical (unpaired) electrons. The average Bonchev–Trinajstić information content (AvgIpc) is 2.67. The molecule has 0 unspecified atom stereocenters. The van der Waals surface area contributed by atoms with Crippen molar-refractivity contribution in [3.8, 4) is 0 Å². The lowest BCUT2D eigenvalue weighted by Gasteiger charge is -2.12. The van der Waals surface area contributed by atoms with Gasteiger partial charge in [-0.05, 0) is 36.4 Å². The third-order valence-electron chi connectivity index (χ3n) is 4.06. The largest absolute Gasteiger partial charge is 0.417 e. The lowest BCUT2D eigenvalue weighted by atomic mass is 10.2. The maximum Gasteiger partial charge on any atom is 0.417 e. The molecule has 0 fully saturated rings. The SMILES string of the molecule is O=C(CCNS(=O)(=O)c1ccc(Cl)c(C(F)(F)F)c1)Nc1ccc2ccccc2n1. The first-order chi connectivity index (χ1) is 14.1. The van der Waals surface area contributed by atoms with E-state index >= 15 is 0 Å². The highest BCUT2D eigenvalue weighted by Gasteiger charge is 2.34. The first-order valence-electron chi connectivity index (χ1n) is 8.58. The van der Waals surface area contributed by atoms with E-state index in [0.29, 0.717) is 17.4 Å². The van der Waals surface area contributed by atoms with Gasteiger partial charge in [0.25, 0.3) is 0 Å². The summed E-state index contributed by atoms with van der Waals surface area (Å²) in [7, 11) is -4.26. The summed E-state index contributed by atoms with van der Waals surface area (Å²) in [6.45, 7) is -0.314. The second kappa shape index (κ2) is 8.58. The molecular weight excluding hydrogens is 443 g/mol. The fraction of sp³-hybridized carbons (Fsp3) is 0.158. The monoisotopic (exact) mass is 457 g/mol. The van der Waals surface area contributed by atoms with Crippen molar-refractivity contribution in [2.24, 2.45) is 0 Å². The molecule has 1 heterocycles. The number of pyridine rings is 1. The Morgan fingerprint density at radius 2 is 1.80 bits per heavy atom. The zero-order chi connectivity index (χ0) is 21.9. The summed E-state index contributed by atoms with van der Waals surface area (Å²) < 4.78 is 65.3. The lowest BCUT2D eigenvalue weighted by molar-refractivity contribution is -0.137. The van der Waals surface area contributed by atoms with Gasteiger partial charge in [-0.25, -0.2) is 18.1 Å². The van der Waals surface area contributed by atoms with Crippen LogP contribution in [0.4, 0.5) is 19.0 Å². The predicted molar refractivity (Wildman–Crippen MR) is 107 cm³/mol. The van der Waals surface area contributed by atoms with E-state index in [1.54, 1.807) is 24.3 Å². The van der Waals surface area contributed by atoms with Gasteiger partial charge < -0.3 is 5.32 Å². The summed E-state index contributed by atoms with van der Waals surface area (Å²) in [6.07, 6.45) is -5.04. The molecule has 0 aliphatic rings. The summed E-state index contributed by atoms with van der Waals surface area (Å²) >= 11 is 5.50. The number of rotatable bonds is 6. The molecule has 3 aromatic rings. The minimum absolute atomic E-state index is 0.243. The van der Waals surface area contributed by atoms with Gasteiger partial charge in [-0.3, -0.25) is 4.79 Å². The number of halogens is 4. The number of benzene rings is 2. The van der Waals surface area contributed by atoms with Gasteiger partial charge in [-0.15, -0.1) is 0 Å². The molecule has 0 saturated heterocycles. The van der Waals surface area contributed by atoms with Crippen LogP contribution in [-0.2, 0) is 21.0 Å². The number of carbonyl (C=O) groups excluding carboxylic acids is 1. The Hall–Kier alpha value is -2.69. The molecule has 158 valence electrons. The van der Waals surface area contributed by atoms with Crippen LogP contribution in [0.3, 0.4) is 0 Å². The van der Waals surface area contributed by atoms with E-state index in [4.69, 9.17) is 11.6 Å². The predicted octanol–water partition coefficient (Wildman–Crippen LogP) is 4.21. The number of anilines is 1. The van der Waals surface area contributed by atoms with Gasteiger partial charge in [0, 0.05) is 18.4 Å². The number of aromatic nitrogens is 1. The van der Waals surface area contributed by atoms with E-state index in [0.717, 1.165) is 17.5 Å². The van der Waals surface area contributed by atoms with Crippen molar-refractivity contribution < 1.29 is 26.4 Å². The molecule has 1 amide bonds. The third-order valence-corrected chi connectivity index (χ3v) is 5.85. The van der Waals surface area contributed by atoms with Crippen molar-refractivity contribution in [3.05, 3.63) is 65.2 Å². The Labute approximate surface area is 175 Å². The van der Waals surface area contributed by atoms with E-state index in [-0.39, 0.29) is 13.0 Å². The summed E-state index contributed by atoms with van der Waals surface area (Å²) in [5, 5.41) is 2.83. The van der Waals surface area contributed by atoms with Crippen LogP contribution in [0.5, 0.6) is 0 Å². The minimum Gasteiger partial charge on any atom is -0.311 e. The van der Waals surface area contributed by atoms with Crippen LogP contribution in [0.1, 0.15) is 12.0 Å². The molecule has 6 nitrogen and oxygen atoms in total. The summed E-state index contributed by atoms with van der Waals surface area (Å²) in [4.78, 5) is 15.7. The van der Waals surface area contributed by atoms with Crippen LogP contribution in [0, 0.1) is 0 Å². The van der Waals surface area contributed by atoms with Crippen LogP contribution >= 0.6 is 11.6 Å². The van der Waals surface area contributed by atoms with Gasteiger partial charge in [0.1, 0.15) is 5.82 Å². The zero-order valence-corrected chi connectivity index (χ0v) is 16.8. The van der Waals surface area contributed by atoms with Crippen LogP contribution in [0.2, 0.25) is 5.02 Å². The number of para-hydroxylation sites is 1. The van der Waals surface area contributed by atoms with Crippen molar-refractivity contribution in [2.45, 2.75) is 17.5 Å². The van der Waals surface area contributed by atoms with Crippen LogP contribution in [0.15, 0.2) is 59.5 Å². The van der Waals surface area contributed by atoms with E-state index < -0.39 is 37.6 Å². The summed E-state index contributed by atoms with van der Waals surface area (Å²) in [5.41, 5.74) is -0.577. The molecule has 2 N–H and O–H groups in total. The Morgan fingerprint density at radius 1 is 1.07 bits per heavy atom. The van der Waals surface area contributed by atoms with Crippen LogP contribution < -0.4 is 10.0 Å². The van der Waals surface area contributed by atoms with E-state index in [9.17, 15) is 26.4 Å². The molecule has 0 aliphatic heterocycles. The van der Waals surface area contributed by atoms with Crippen molar-refractivity contribution in [2.75, 3.05) is 11.9 Å². The van der Waals surface area contributed by atoms with Crippen LogP contribution in [0.25, 0.3) is 10.9 Å². The van der Waals surface area contributed by atoms with Gasteiger partial charge in [0.2, 0.25) is 15.9 Å². The fourth-order valence-corrected chi connectivity index (χ4v) is 3.89. The number of carbonyl (C=O) groups is 1. The molecule has 0 bridgehead atoms. The zero-order valence-electron chi connectivity index (χ0n) is 15.2. The summed E-state index contributed by atoms with van der Waals surface area (Å²) in [5.74, 6) is -0.207. The molecule has 2 aromatic carbocycles. The van der Waals surface area contributed by atoms with Crippen LogP contribution in [-0.4, -0.2) is 25.9 Å². The lowest BCUT2D eigenvalue weighted by Crippen LogP contribution is -2.28. The van der Waals surface area contributed by atoms with Gasteiger partial charge in [-0.2, -0.15) is 13.2 Å². The molecule has 30 heavy (non-hydrogen) atoms. The Morgan fingerprint density at radius 3 is 2.53 bits per heavy atom. The first kappa shape index (κ1) is 22.0. The molecule has 0 saturated carbocycles. The van der Waals surface area contributed by atoms with Gasteiger partial charge in [0.15, 0.2) is 0 Å². The van der Waals surface area contributed by atoms with E-state index in [1.165, 1.54) is 0 Å². The third kappa shape index (κ3) is 5.26. The quantitative estimate of drug-likeness (QED) is 0.580. The minimum atomic E-state index is -4.80. The number of nitrogens with zero attached hydrogens (tertiary/aromatic N) is 1. The Bertz CT molecular complexity index is 1200. The van der Waals surface area contributed by atoms with Crippen molar-refractivity contribution >= 4 is 44.3 Å². The Kier molecular flexibility index (Phi) is 6.30. The number of hydrogen-bond acceptors (Lipinski definition) is 4. The summed E-state index contributed by atoms with van der Waals surface area (Å²) in [6, 6.07) is 12.9. The maximum atomic E-state index is 12.9. The number of nitrogens with one attached hydrogen (secondary N) is 2. The van der Waals surface area contributed by atoms with Crippen molar-refractivity contribution in [1.82, 2.24) is 9.71 Å². The topological polar surface area (TPSA) is 88.2 Å². The standard InChI is InChI=1S/C19H15ClF3N3O3S/c20-15-7-6-13(11-14(15)19(21,22)23)30(28,29)24-10-9-18(27)26-17-8-5-12-3-1-2-4-16(12)25-17/h1-8,11,24H,9-10H2,(H,25,26,27). The van der Waals surface area contributed by atoms with Gasteiger partial charge in [0.05, 0.1) is 21.0 Å². The van der Waals surface area contributed by atoms with E-state index in [1.807, 2.05) is 12.1 Å². The Balaban J connectivity index is 1.61. The highest BCUT2D eigenvalue weighted by Crippen LogP contribution is 2.35. The molecule has 0 aliphatic carbocycles. The smallest absolute Gasteiger partial charge is 0.311 e. The normalized spacial score (nSPS) is 12.1. The molecule has 0 atom stereocenters. The molecule has 11 heteroatoms. The second-order valence-corrected chi connectivity index (χ2v) is 8.40. The first-order valence-corrected chi connectivity index (χ1v) is 10.4. The highest BCUT2D eigenvalue weighted by atomic mass is 35.5. The number of alkyl halides is 3. The van der Waals surface area contributed by atoms with E-state index in [2.05, 4.69) is 15.0 Å². The maximum absolute atomic E-state index is 12.9. The number of hydrogen-bond donors (Lipinski definition) is 2. The second-order valence-electron chi connectivity index (χ2n) is 6.22. The molecule has 3 rings (SSSR count). The molecular formula is C19H15ClF3N3O3S. The molecule has 1 aromatic heterocycles. The average molecular weight is 458 g/mol. The number of sulfonamides is 1. The van der Waals surface area contributed by atoms with Gasteiger partial charge in [-0.1, -0.05) is 29.8 Å². The fourth-order valence-electron chi connectivity index (χ4n) is 2.61. The number of fused-ring (bicyclic) bond motifs is 1. The highest BCUT2D eigenvalue weighted by molar-refractivity contribution is 7.89. The van der Waals surface area contributed by atoms with Crippen molar-refractivity contribution in [3.63, 3.8) is 0 Å². The van der Waals surface area contributed by atoms with Crippen molar-refractivity contribution in [1.29, 1.82) is 0 Å². The van der Waals surface area contributed by atoms with Gasteiger partial charge >= 0.3 is 6.18 Å².